The monoisotopic (exact) mass is 592 g/mol. The van der Waals surface area contributed by atoms with Crippen molar-refractivity contribution < 1.29 is 14.6 Å². The van der Waals surface area contributed by atoms with E-state index >= 15 is 0 Å². The number of carbonyl (C=O) groups is 1. The number of hydrogen-bond donors (Lipinski definition) is 1. The Morgan fingerprint density at radius 3 is 2.55 bits per heavy atom. The molecule has 1 amide bonds. The van der Waals surface area contributed by atoms with Crippen molar-refractivity contribution in [3.8, 4) is 5.75 Å². The molecule has 0 aliphatic carbocycles. The van der Waals surface area contributed by atoms with E-state index in [9.17, 15) is 9.90 Å². The van der Waals surface area contributed by atoms with Crippen molar-refractivity contribution in [3.63, 3.8) is 0 Å². The van der Waals surface area contributed by atoms with Crippen LogP contribution in [0.2, 0.25) is 0 Å². The Morgan fingerprint density at radius 1 is 0.976 bits per heavy atom. The zero-order valence-corrected chi connectivity index (χ0v) is 25.8. The van der Waals surface area contributed by atoms with Gasteiger partial charge >= 0.3 is 0 Å². The molecule has 6 rings (SSSR count). The Labute approximate surface area is 253 Å². The molecule has 1 N–H and O–H groups in total. The third-order valence-corrected chi connectivity index (χ3v) is 10.1. The molecule has 3 aromatic rings. The molecule has 4 heterocycles. The van der Waals surface area contributed by atoms with Crippen LogP contribution in [0.15, 0.2) is 41.8 Å². The fourth-order valence-electron chi connectivity index (χ4n) is 6.60. The average molecular weight is 593 g/mol. The molecule has 226 valence electrons. The lowest BCUT2D eigenvalue weighted by Crippen LogP contribution is -2.48. The summed E-state index contributed by atoms with van der Waals surface area (Å²) in [4.78, 5) is 30.4. The number of fused-ring (bicyclic) bond motifs is 1. The van der Waals surface area contributed by atoms with Crippen LogP contribution in [-0.4, -0.2) is 116 Å². The molecule has 3 saturated heterocycles. The second kappa shape index (κ2) is 13.2. The lowest BCUT2D eigenvalue weighted by Gasteiger charge is -2.35. The summed E-state index contributed by atoms with van der Waals surface area (Å²) in [5.74, 6) is 1.13. The largest absolute Gasteiger partial charge is 0.495 e. The number of carbonyl (C=O) groups excluding carboxylic acids is 1. The van der Waals surface area contributed by atoms with Gasteiger partial charge in [-0.15, -0.1) is 11.3 Å². The van der Waals surface area contributed by atoms with E-state index in [1.54, 1.807) is 18.4 Å². The lowest BCUT2D eigenvalue weighted by atomic mass is 10.1. The third kappa shape index (κ3) is 6.37. The van der Waals surface area contributed by atoms with Crippen LogP contribution in [0.1, 0.15) is 37.4 Å². The predicted octanol–water partition coefficient (Wildman–Crippen LogP) is 3.68. The van der Waals surface area contributed by atoms with E-state index in [1.807, 2.05) is 4.90 Å². The highest BCUT2D eigenvalue weighted by Gasteiger charge is 2.32. The van der Waals surface area contributed by atoms with Crippen molar-refractivity contribution >= 4 is 38.8 Å². The van der Waals surface area contributed by atoms with E-state index in [0.717, 1.165) is 107 Å². The van der Waals surface area contributed by atoms with Crippen LogP contribution in [0, 0.1) is 0 Å². The minimum absolute atomic E-state index is 0.0631. The number of aromatic nitrogens is 1. The number of methoxy groups -OCH3 is 1. The molecule has 3 aliphatic rings. The van der Waals surface area contributed by atoms with Gasteiger partial charge in [-0.25, -0.2) is 4.98 Å². The molecular formula is C32H44N6O3S. The van der Waals surface area contributed by atoms with E-state index < -0.39 is 0 Å². The summed E-state index contributed by atoms with van der Waals surface area (Å²) in [7, 11) is 3.87. The van der Waals surface area contributed by atoms with Gasteiger partial charge in [0.15, 0.2) is 5.13 Å². The number of hydrogen-bond acceptors (Lipinski definition) is 9. The van der Waals surface area contributed by atoms with Crippen LogP contribution in [0.4, 0.5) is 10.8 Å². The molecule has 1 aromatic heterocycles. The highest BCUT2D eigenvalue weighted by Crippen LogP contribution is 2.38. The summed E-state index contributed by atoms with van der Waals surface area (Å²) in [5, 5.41) is 15.6. The smallest absolute Gasteiger partial charge is 0.224 e. The van der Waals surface area contributed by atoms with Crippen LogP contribution in [0.3, 0.4) is 0 Å². The van der Waals surface area contributed by atoms with Crippen molar-refractivity contribution in [2.24, 2.45) is 0 Å². The normalized spacial score (nSPS) is 20.6. The van der Waals surface area contributed by atoms with Crippen molar-refractivity contribution in [1.82, 2.24) is 19.7 Å². The van der Waals surface area contributed by atoms with E-state index in [1.165, 1.54) is 10.8 Å². The molecule has 0 radical (unpaired) electrons. The molecule has 0 spiro atoms. The van der Waals surface area contributed by atoms with Gasteiger partial charge in [-0.05, 0) is 37.8 Å². The van der Waals surface area contributed by atoms with Gasteiger partial charge in [0.1, 0.15) is 5.75 Å². The number of benzene rings is 2. The maximum Gasteiger partial charge on any atom is 0.224 e. The number of piperidine rings is 1. The maximum atomic E-state index is 13.7. The molecule has 1 atom stereocenters. The van der Waals surface area contributed by atoms with Gasteiger partial charge in [-0.1, -0.05) is 30.3 Å². The number of ether oxygens (including phenoxy) is 1. The first-order valence-corrected chi connectivity index (χ1v) is 16.3. The Bertz CT molecular complexity index is 1350. The first-order valence-electron chi connectivity index (χ1n) is 15.4. The number of thiazole rings is 1. The highest BCUT2D eigenvalue weighted by molar-refractivity contribution is 7.13. The molecule has 9 nitrogen and oxygen atoms in total. The molecule has 3 aliphatic heterocycles. The summed E-state index contributed by atoms with van der Waals surface area (Å²) in [6, 6.07) is 12.7. The van der Waals surface area contributed by atoms with Crippen LogP contribution < -0.4 is 14.5 Å². The number of aliphatic hydroxyl groups excluding tert-OH is 1. The molecule has 42 heavy (non-hydrogen) atoms. The molecule has 0 bridgehead atoms. The lowest BCUT2D eigenvalue weighted by molar-refractivity contribution is -0.134. The summed E-state index contributed by atoms with van der Waals surface area (Å²) >= 11 is 1.67. The number of rotatable bonds is 7. The van der Waals surface area contributed by atoms with E-state index in [2.05, 4.69) is 68.4 Å². The van der Waals surface area contributed by atoms with Crippen LogP contribution in [-0.2, 0) is 4.79 Å². The number of amides is 1. The number of piperazine rings is 1. The molecule has 10 heteroatoms. The van der Waals surface area contributed by atoms with E-state index in [-0.39, 0.29) is 18.1 Å². The zero-order chi connectivity index (χ0) is 29.1. The highest BCUT2D eigenvalue weighted by atomic mass is 32.1. The average Bonchev–Trinajstić information content (AvgIpc) is 3.38. The molecule has 3 fully saturated rings. The standard InChI is InChI=1S/C32H44N6O3S/c1-34-16-18-36(19-17-34)30(40)22-28(27-23-42-32(33-27)38-14-10-25(39)11-15-38)35-12-5-13-37(21-20-35)31-26-7-4-3-6-24(26)8-9-29(31)41-2/h3-4,6-9,23,25,28,39H,5,10-22H2,1-2H3. The Kier molecular flexibility index (Phi) is 9.14. The third-order valence-electron chi connectivity index (χ3n) is 9.18. The van der Waals surface area contributed by atoms with Crippen molar-refractivity contribution in [2.75, 3.05) is 89.4 Å². The topological polar surface area (TPSA) is 75.6 Å². The van der Waals surface area contributed by atoms with Crippen LogP contribution in [0.25, 0.3) is 10.8 Å². The molecule has 2 aromatic carbocycles. The van der Waals surface area contributed by atoms with Gasteiger partial charge in [-0.3, -0.25) is 9.69 Å². The Balaban J connectivity index is 1.24. The fraction of sp³-hybridized carbons (Fsp3) is 0.562. The molecule has 1 unspecified atom stereocenters. The number of nitrogens with zero attached hydrogens (tertiary/aromatic N) is 6. The fourth-order valence-corrected chi connectivity index (χ4v) is 7.53. The first-order chi connectivity index (χ1) is 20.5. The summed E-state index contributed by atoms with van der Waals surface area (Å²) < 4.78 is 5.85. The number of likely N-dealkylation sites (N-methyl/N-ethyl adjacent to an activating group) is 1. The molecule has 0 saturated carbocycles. The van der Waals surface area contributed by atoms with Crippen LogP contribution in [0.5, 0.6) is 5.75 Å². The number of anilines is 2. The summed E-state index contributed by atoms with van der Waals surface area (Å²) in [6.45, 7) is 8.60. The molecular weight excluding hydrogens is 548 g/mol. The van der Waals surface area contributed by atoms with Crippen molar-refractivity contribution in [3.05, 3.63) is 47.5 Å². The Morgan fingerprint density at radius 2 is 1.76 bits per heavy atom. The zero-order valence-electron chi connectivity index (χ0n) is 25.0. The van der Waals surface area contributed by atoms with Gasteiger partial charge in [0.2, 0.25) is 5.91 Å². The minimum Gasteiger partial charge on any atom is -0.495 e. The van der Waals surface area contributed by atoms with Gasteiger partial charge < -0.3 is 29.4 Å². The first kappa shape index (κ1) is 29.2. The summed E-state index contributed by atoms with van der Waals surface area (Å²) in [6.07, 6.45) is 2.78. The maximum absolute atomic E-state index is 13.7. The van der Waals surface area contributed by atoms with Gasteiger partial charge in [0, 0.05) is 82.6 Å². The predicted molar refractivity (Wildman–Crippen MR) is 170 cm³/mol. The quantitative estimate of drug-likeness (QED) is 0.446. The second-order valence-corrected chi connectivity index (χ2v) is 12.7. The second-order valence-electron chi connectivity index (χ2n) is 11.9. The van der Waals surface area contributed by atoms with Crippen molar-refractivity contribution in [1.29, 1.82) is 0 Å². The van der Waals surface area contributed by atoms with Gasteiger partial charge in [0.25, 0.3) is 0 Å². The number of aliphatic hydroxyl groups is 1. The van der Waals surface area contributed by atoms with Gasteiger partial charge in [0.05, 0.1) is 30.6 Å². The SMILES string of the molecule is COc1ccc2ccccc2c1N1CCCN(C(CC(=O)N2CCN(C)CC2)c2csc(N3CCC(O)CC3)n2)CC1. The van der Waals surface area contributed by atoms with Gasteiger partial charge in [-0.2, -0.15) is 0 Å². The van der Waals surface area contributed by atoms with E-state index in [4.69, 9.17) is 9.72 Å². The van der Waals surface area contributed by atoms with Crippen LogP contribution >= 0.6 is 11.3 Å². The van der Waals surface area contributed by atoms with E-state index in [0.29, 0.717) is 6.42 Å². The van der Waals surface area contributed by atoms with Crippen molar-refractivity contribution in [2.45, 2.75) is 37.8 Å². The minimum atomic E-state index is -0.213. The Hall–Kier alpha value is -2.92. The summed E-state index contributed by atoms with van der Waals surface area (Å²) in [5.41, 5.74) is 2.16.